The monoisotopic (exact) mass is 285 g/mol. The van der Waals surface area contributed by atoms with Gasteiger partial charge in [0.1, 0.15) is 0 Å². The second-order valence-electron chi connectivity index (χ2n) is 5.03. The van der Waals surface area contributed by atoms with E-state index in [1.165, 1.54) is 0 Å². The fourth-order valence-electron chi connectivity index (χ4n) is 2.10. The van der Waals surface area contributed by atoms with Crippen LogP contribution in [0.2, 0.25) is 0 Å². The van der Waals surface area contributed by atoms with Crippen LogP contribution in [0.1, 0.15) is 27.3 Å². The van der Waals surface area contributed by atoms with E-state index < -0.39 is 0 Å². The molecule has 1 aromatic carbocycles. The van der Waals surface area contributed by atoms with Crippen molar-refractivity contribution < 1.29 is 9.90 Å². The Morgan fingerprint density at radius 1 is 1.24 bits per heavy atom. The maximum absolute atomic E-state index is 12.3. The summed E-state index contributed by atoms with van der Waals surface area (Å²) >= 11 is 0. The summed E-state index contributed by atoms with van der Waals surface area (Å²) < 4.78 is 0. The van der Waals surface area contributed by atoms with Crippen LogP contribution in [0, 0.1) is 13.8 Å². The Morgan fingerprint density at radius 3 is 2.62 bits per heavy atom. The van der Waals surface area contributed by atoms with Gasteiger partial charge in [-0.15, -0.1) is 0 Å². The van der Waals surface area contributed by atoms with Gasteiger partial charge in [0.2, 0.25) is 0 Å². The van der Waals surface area contributed by atoms with E-state index >= 15 is 0 Å². The van der Waals surface area contributed by atoms with Gasteiger partial charge >= 0.3 is 0 Å². The summed E-state index contributed by atoms with van der Waals surface area (Å²) in [5.74, 6) is -0.236. The van der Waals surface area contributed by atoms with Crippen LogP contribution >= 0.6 is 0 Å². The molecule has 0 unspecified atom stereocenters. The molecule has 0 saturated heterocycles. The molecule has 0 fully saturated rings. The third-order valence-electron chi connectivity index (χ3n) is 3.23. The van der Waals surface area contributed by atoms with E-state index in [0.29, 0.717) is 23.4 Å². The number of rotatable bonds is 5. The van der Waals surface area contributed by atoms with Crippen molar-refractivity contribution in [3.63, 3.8) is 0 Å². The SMILES string of the molecule is Cc1cc(C(=O)N[C@@H](CO)Cc2ccccc2)c(C)nn1. The Morgan fingerprint density at radius 2 is 1.95 bits per heavy atom. The Kier molecular flexibility index (Phi) is 5.00. The summed E-state index contributed by atoms with van der Waals surface area (Å²) in [6.45, 7) is 3.42. The van der Waals surface area contributed by atoms with Crippen molar-refractivity contribution in [1.29, 1.82) is 0 Å². The van der Waals surface area contributed by atoms with Gasteiger partial charge in [-0.1, -0.05) is 30.3 Å². The standard InChI is InChI=1S/C16H19N3O2/c1-11-8-15(12(2)19-18-11)16(21)17-14(10-20)9-13-6-4-3-5-7-13/h3-8,14,20H,9-10H2,1-2H3,(H,17,21)/t14-/m1/s1. The molecule has 0 spiro atoms. The molecule has 0 bridgehead atoms. The molecule has 0 aliphatic carbocycles. The van der Waals surface area contributed by atoms with E-state index in [4.69, 9.17) is 0 Å². The number of hydrogen-bond acceptors (Lipinski definition) is 4. The van der Waals surface area contributed by atoms with Crippen molar-refractivity contribution in [1.82, 2.24) is 15.5 Å². The smallest absolute Gasteiger partial charge is 0.253 e. The molecule has 2 aromatic rings. The van der Waals surface area contributed by atoms with Crippen LogP contribution in [0.15, 0.2) is 36.4 Å². The maximum atomic E-state index is 12.3. The third-order valence-corrected chi connectivity index (χ3v) is 3.23. The lowest BCUT2D eigenvalue weighted by Gasteiger charge is -2.17. The molecule has 1 amide bonds. The van der Waals surface area contributed by atoms with Gasteiger partial charge in [0.25, 0.3) is 5.91 Å². The normalized spacial score (nSPS) is 12.0. The van der Waals surface area contributed by atoms with Crippen LogP contribution in [0.25, 0.3) is 0 Å². The number of amides is 1. The Bertz CT molecular complexity index is 614. The fraction of sp³-hybridized carbons (Fsp3) is 0.312. The molecular formula is C16H19N3O2. The van der Waals surface area contributed by atoms with Crippen LogP contribution < -0.4 is 5.32 Å². The average molecular weight is 285 g/mol. The molecule has 1 atom stereocenters. The largest absolute Gasteiger partial charge is 0.394 e. The molecule has 0 aliphatic rings. The molecule has 0 saturated carbocycles. The zero-order chi connectivity index (χ0) is 15.2. The first-order valence-corrected chi connectivity index (χ1v) is 6.86. The third kappa shape index (κ3) is 4.10. The molecule has 21 heavy (non-hydrogen) atoms. The summed E-state index contributed by atoms with van der Waals surface area (Å²) in [5, 5.41) is 20.2. The molecule has 0 radical (unpaired) electrons. The predicted molar refractivity (Wildman–Crippen MR) is 80.0 cm³/mol. The van der Waals surface area contributed by atoms with Crippen LogP contribution in [0.5, 0.6) is 0 Å². The summed E-state index contributed by atoms with van der Waals surface area (Å²) in [5.41, 5.74) is 2.83. The lowest BCUT2D eigenvalue weighted by molar-refractivity contribution is 0.0915. The Balaban J connectivity index is 2.07. The van der Waals surface area contributed by atoms with Crippen molar-refractivity contribution in [3.05, 3.63) is 58.9 Å². The van der Waals surface area contributed by atoms with E-state index in [1.807, 2.05) is 30.3 Å². The predicted octanol–water partition coefficient (Wildman–Crippen LogP) is 1.43. The van der Waals surface area contributed by atoms with Gasteiger partial charge in [0, 0.05) is 0 Å². The van der Waals surface area contributed by atoms with E-state index in [-0.39, 0.29) is 18.6 Å². The minimum Gasteiger partial charge on any atom is -0.394 e. The fourth-order valence-corrected chi connectivity index (χ4v) is 2.10. The van der Waals surface area contributed by atoms with Gasteiger partial charge in [-0.25, -0.2) is 0 Å². The molecule has 5 heteroatoms. The van der Waals surface area contributed by atoms with Crippen molar-refractivity contribution in [2.75, 3.05) is 6.61 Å². The number of nitrogens with one attached hydrogen (secondary N) is 1. The topological polar surface area (TPSA) is 75.1 Å². The van der Waals surface area contributed by atoms with Gasteiger partial charge in [-0.05, 0) is 31.9 Å². The Hall–Kier alpha value is -2.27. The number of aliphatic hydroxyl groups excluding tert-OH is 1. The summed E-state index contributed by atoms with van der Waals surface area (Å²) in [7, 11) is 0. The first kappa shape index (κ1) is 15.1. The van der Waals surface area contributed by atoms with Crippen molar-refractivity contribution in [2.45, 2.75) is 26.3 Å². The molecule has 2 rings (SSSR count). The zero-order valence-electron chi connectivity index (χ0n) is 12.2. The van der Waals surface area contributed by atoms with Gasteiger partial charge in [0.05, 0.1) is 29.6 Å². The number of carbonyl (C=O) groups excluding carboxylic acids is 1. The van der Waals surface area contributed by atoms with E-state index in [2.05, 4.69) is 15.5 Å². The zero-order valence-corrected chi connectivity index (χ0v) is 12.2. The van der Waals surface area contributed by atoms with E-state index in [9.17, 15) is 9.90 Å². The number of aryl methyl sites for hydroxylation is 2. The minimum absolute atomic E-state index is 0.114. The highest BCUT2D eigenvalue weighted by atomic mass is 16.3. The maximum Gasteiger partial charge on any atom is 0.253 e. The molecule has 1 aromatic heterocycles. The van der Waals surface area contributed by atoms with E-state index in [1.54, 1.807) is 19.9 Å². The highest BCUT2D eigenvalue weighted by Gasteiger charge is 2.16. The molecule has 110 valence electrons. The lowest BCUT2D eigenvalue weighted by atomic mass is 10.1. The second-order valence-corrected chi connectivity index (χ2v) is 5.03. The quantitative estimate of drug-likeness (QED) is 0.871. The summed E-state index contributed by atoms with van der Waals surface area (Å²) in [6.07, 6.45) is 0.583. The van der Waals surface area contributed by atoms with Gasteiger partial charge in [-0.2, -0.15) is 10.2 Å². The first-order chi connectivity index (χ1) is 10.1. The number of benzene rings is 1. The van der Waals surface area contributed by atoms with Gasteiger partial charge < -0.3 is 10.4 Å². The van der Waals surface area contributed by atoms with Crippen LogP contribution in [0.3, 0.4) is 0 Å². The van der Waals surface area contributed by atoms with Crippen LogP contribution in [-0.4, -0.2) is 33.9 Å². The number of nitrogens with zero attached hydrogens (tertiary/aromatic N) is 2. The van der Waals surface area contributed by atoms with Crippen LogP contribution in [-0.2, 0) is 6.42 Å². The number of aromatic nitrogens is 2. The lowest BCUT2D eigenvalue weighted by Crippen LogP contribution is -2.39. The molecular weight excluding hydrogens is 266 g/mol. The van der Waals surface area contributed by atoms with E-state index in [0.717, 1.165) is 5.56 Å². The number of aliphatic hydroxyl groups is 1. The van der Waals surface area contributed by atoms with Crippen molar-refractivity contribution in [3.8, 4) is 0 Å². The molecule has 1 heterocycles. The molecule has 5 nitrogen and oxygen atoms in total. The van der Waals surface area contributed by atoms with Crippen molar-refractivity contribution >= 4 is 5.91 Å². The second kappa shape index (κ2) is 6.95. The van der Waals surface area contributed by atoms with Crippen molar-refractivity contribution in [2.24, 2.45) is 0 Å². The summed E-state index contributed by atoms with van der Waals surface area (Å²) in [4.78, 5) is 12.3. The molecule has 0 aliphatic heterocycles. The highest BCUT2D eigenvalue weighted by Crippen LogP contribution is 2.07. The molecule has 2 N–H and O–H groups in total. The minimum atomic E-state index is -0.326. The first-order valence-electron chi connectivity index (χ1n) is 6.86. The average Bonchev–Trinajstić information content (AvgIpc) is 2.50. The summed E-state index contributed by atoms with van der Waals surface area (Å²) in [6, 6.07) is 11.1. The number of hydrogen-bond donors (Lipinski definition) is 2. The highest BCUT2D eigenvalue weighted by molar-refractivity contribution is 5.95. The van der Waals surface area contributed by atoms with Gasteiger partial charge in [0.15, 0.2) is 0 Å². The van der Waals surface area contributed by atoms with Crippen LogP contribution in [0.4, 0.5) is 0 Å². The van der Waals surface area contributed by atoms with Gasteiger partial charge in [-0.3, -0.25) is 4.79 Å². The Labute approximate surface area is 124 Å². The number of carbonyl (C=O) groups is 1.